The van der Waals surface area contributed by atoms with Crippen LogP contribution in [0.2, 0.25) is 0 Å². The van der Waals surface area contributed by atoms with Crippen LogP contribution < -0.4 is 4.74 Å². The molecule has 0 aliphatic carbocycles. The van der Waals surface area contributed by atoms with Gasteiger partial charge in [-0.25, -0.2) is 14.6 Å². The molecule has 18 heavy (non-hydrogen) atoms. The van der Waals surface area contributed by atoms with Gasteiger partial charge >= 0.3 is 0 Å². The zero-order chi connectivity index (χ0) is 12.7. The topological polar surface area (TPSA) is 68.6 Å². The number of ether oxygens (including phenoxy) is 1. The van der Waals surface area contributed by atoms with Crippen LogP contribution in [0.15, 0.2) is 18.7 Å². The molecule has 0 aliphatic rings. The van der Waals surface area contributed by atoms with Crippen molar-refractivity contribution in [3.05, 3.63) is 28.1 Å². The molecular weight excluding hydrogens is 345 g/mol. The smallest absolute Gasteiger partial charge is 0.179 e. The van der Waals surface area contributed by atoms with E-state index in [2.05, 4.69) is 42.6 Å². The van der Waals surface area contributed by atoms with Crippen LogP contribution in [0.3, 0.4) is 0 Å². The lowest BCUT2D eigenvalue weighted by atomic mass is 10.3. The Morgan fingerprint density at radius 1 is 1.39 bits per heavy atom. The first kappa shape index (κ1) is 11.5. The van der Waals surface area contributed by atoms with Crippen molar-refractivity contribution >= 4 is 33.5 Å². The van der Waals surface area contributed by atoms with Gasteiger partial charge in [-0.1, -0.05) is 0 Å². The van der Waals surface area contributed by atoms with Gasteiger partial charge in [0.05, 0.1) is 24.2 Å². The maximum Gasteiger partial charge on any atom is 0.179 e. The van der Waals surface area contributed by atoms with Gasteiger partial charge in [0.25, 0.3) is 0 Å². The number of nitrogens with zero attached hydrogens (tertiary/aromatic N) is 4. The number of nitrogens with one attached hydrogen (secondary N) is 1. The standard InChI is InChI=1S/C11H10IN5O/c1-6-15-5-17(16-6)11-10-9(7(12)3-13-10)8(18-2)4-14-11/h3-5,13H,1-2H3. The lowest BCUT2D eigenvalue weighted by Gasteiger charge is -2.06. The van der Waals surface area contributed by atoms with Gasteiger partial charge in [0.2, 0.25) is 0 Å². The summed E-state index contributed by atoms with van der Waals surface area (Å²) in [5.41, 5.74) is 0.892. The summed E-state index contributed by atoms with van der Waals surface area (Å²) in [6.07, 6.45) is 5.27. The number of pyridine rings is 1. The van der Waals surface area contributed by atoms with Gasteiger partial charge in [0.15, 0.2) is 5.82 Å². The number of hydrogen-bond acceptors (Lipinski definition) is 4. The number of methoxy groups -OCH3 is 1. The van der Waals surface area contributed by atoms with Crippen molar-refractivity contribution in [1.29, 1.82) is 0 Å². The molecule has 0 amide bonds. The third-order valence-electron chi connectivity index (χ3n) is 2.65. The molecule has 6 nitrogen and oxygen atoms in total. The molecular formula is C11H10IN5O. The summed E-state index contributed by atoms with van der Waals surface area (Å²) >= 11 is 2.26. The molecule has 3 aromatic rings. The number of aromatic nitrogens is 5. The van der Waals surface area contributed by atoms with Crippen LogP contribution in [0.4, 0.5) is 0 Å². The fourth-order valence-electron chi connectivity index (χ4n) is 1.84. The Morgan fingerprint density at radius 3 is 2.89 bits per heavy atom. The molecule has 0 bridgehead atoms. The van der Waals surface area contributed by atoms with Crippen molar-refractivity contribution in [1.82, 2.24) is 24.7 Å². The van der Waals surface area contributed by atoms with Gasteiger partial charge in [0.1, 0.15) is 17.9 Å². The van der Waals surface area contributed by atoms with Crippen LogP contribution in [0.1, 0.15) is 5.82 Å². The molecule has 7 heteroatoms. The van der Waals surface area contributed by atoms with Gasteiger partial charge < -0.3 is 9.72 Å². The van der Waals surface area contributed by atoms with Gasteiger partial charge in [-0.2, -0.15) is 5.10 Å². The predicted molar refractivity (Wildman–Crippen MR) is 75.0 cm³/mol. The Bertz CT molecular complexity index is 717. The van der Waals surface area contributed by atoms with Gasteiger partial charge in [-0.3, -0.25) is 0 Å². The van der Waals surface area contributed by atoms with Gasteiger partial charge in [0, 0.05) is 9.77 Å². The molecule has 0 saturated heterocycles. The summed E-state index contributed by atoms with van der Waals surface area (Å²) in [5, 5.41) is 5.29. The Hall–Kier alpha value is -1.64. The van der Waals surface area contributed by atoms with Crippen LogP contribution in [-0.4, -0.2) is 31.8 Å². The Kier molecular flexibility index (Phi) is 2.69. The number of halogens is 1. The summed E-state index contributed by atoms with van der Waals surface area (Å²) in [7, 11) is 1.64. The largest absolute Gasteiger partial charge is 0.494 e. The second-order valence-corrected chi connectivity index (χ2v) is 4.94. The van der Waals surface area contributed by atoms with E-state index in [0.29, 0.717) is 11.6 Å². The maximum absolute atomic E-state index is 5.33. The van der Waals surface area contributed by atoms with Crippen LogP contribution in [0.5, 0.6) is 5.75 Å². The molecule has 3 rings (SSSR count). The molecule has 0 radical (unpaired) electrons. The first-order valence-corrected chi connectivity index (χ1v) is 6.37. The predicted octanol–water partition coefficient (Wildman–Crippen LogP) is 2.07. The van der Waals surface area contributed by atoms with E-state index >= 15 is 0 Å². The van der Waals surface area contributed by atoms with E-state index in [1.165, 1.54) is 0 Å². The third-order valence-corrected chi connectivity index (χ3v) is 3.50. The lowest BCUT2D eigenvalue weighted by Crippen LogP contribution is -2.00. The molecule has 0 fully saturated rings. The molecule has 3 aromatic heterocycles. The van der Waals surface area contributed by atoms with E-state index in [1.54, 1.807) is 24.3 Å². The second-order valence-electron chi connectivity index (χ2n) is 3.77. The Labute approximate surface area is 117 Å². The third kappa shape index (κ3) is 1.65. The molecule has 3 heterocycles. The van der Waals surface area contributed by atoms with Crippen molar-refractivity contribution in [3.63, 3.8) is 0 Å². The lowest BCUT2D eigenvalue weighted by molar-refractivity contribution is 0.418. The highest BCUT2D eigenvalue weighted by atomic mass is 127. The summed E-state index contributed by atoms with van der Waals surface area (Å²) < 4.78 is 8.07. The van der Waals surface area contributed by atoms with Crippen molar-refractivity contribution in [3.8, 4) is 11.6 Å². The second kappa shape index (κ2) is 4.23. The van der Waals surface area contributed by atoms with E-state index in [0.717, 1.165) is 20.2 Å². The van der Waals surface area contributed by atoms with Gasteiger partial charge in [-0.05, 0) is 29.5 Å². The van der Waals surface area contributed by atoms with Crippen LogP contribution in [-0.2, 0) is 0 Å². The molecule has 0 spiro atoms. The Balaban J connectivity index is 2.32. The van der Waals surface area contributed by atoms with E-state index in [4.69, 9.17) is 4.74 Å². The minimum absolute atomic E-state index is 0.710. The highest BCUT2D eigenvalue weighted by Gasteiger charge is 2.14. The fourth-order valence-corrected chi connectivity index (χ4v) is 2.53. The fraction of sp³-hybridized carbons (Fsp3) is 0.182. The molecule has 1 N–H and O–H groups in total. The average Bonchev–Trinajstić information content (AvgIpc) is 2.96. The van der Waals surface area contributed by atoms with Crippen LogP contribution in [0, 0.1) is 10.5 Å². The number of hydrogen-bond donors (Lipinski definition) is 1. The highest BCUT2D eigenvalue weighted by molar-refractivity contribution is 14.1. The maximum atomic E-state index is 5.33. The molecule has 0 aliphatic heterocycles. The molecule has 0 unspecified atom stereocenters. The number of aryl methyl sites for hydroxylation is 1. The monoisotopic (exact) mass is 355 g/mol. The number of rotatable bonds is 2. The molecule has 0 saturated carbocycles. The SMILES string of the molecule is COc1cnc(-n2cnc(C)n2)c2[nH]cc(I)c12. The molecule has 92 valence electrons. The molecule has 0 aromatic carbocycles. The van der Waals surface area contributed by atoms with Crippen molar-refractivity contribution in [2.75, 3.05) is 7.11 Å². The highest BCUT2D eigenvalue weighted by Crippen LogP contribution is 2.31. The zero-order valence-corrected chi connectivity index (χ0v) is 12.0. The zero-order valence-electron chi connectivity index (χ0n) is 9.81. The number of aromatic amines is 1. The Morgan fingerprint density at radius 2 is 2.22 bits per heavy atom. The van der Waals surface area contributed by atoms with E-state index in [1.807, 2.05) is 13.1 Å². The van der Waals surface area contributed by atoms with Crippen LogP contribution in [0.25, 0.3) is 16.7 Å². The van der Waals surface area contributed by atoms with Gasteiger partial charge in [-0.15, -0.1) is 0 Å². The summed E-state index contributed by atoms with van der Waals surface area (Å²) in [4.78, 5) is 11.7. The first-order chi connectivity index (χ1) is 8.70. The van der Waals surface area contributed by atoms with Crippen molar-refractivity contribution < 1.29 is 4.74 Å². The number of fused-ring (bicyclic) bond motifs is 1. The average molecular weight is 355 g/mol. The van der Waals surface area contributed by atoms with Crippen LogP contribution >= 0.6 is 22.6 Å². The molecule has 0 atom stereocenters. The van der Waals surface area contributed by atoms with Crippen molar-refractivity contribution in [2.45, 2.75) is 6.92 Å². The number of H-pyrrole nitrogens is 1. The van der Waals surface area contributed by atoms with E-state index < -0.39 is 0 Å². The summed E-state index contributed by atoms with van der Waals surface area (Å²) in [5.74, 6) is 2.17. The first-order valence-electron chi connectivity index (χ1n) is 5.29. The quantitative estimate of drug-likeness (QED) is 0.715. The van der Waals surface area contributed by atoms with E-state index in [-0.39, 0.29) is 0 Å². The van der Waals surface area contributed by atoms with Crippen molar-refractivity contribution in [2.24, 2.45) is 0 Å². The van der Waals surface area contributed by atoms with E-state index in [9.17, 15) is 0 Å². The summed E-state index contributed by atoms with van der Waals surface area (Å²) in [6.45, 7) is 1.84. The minimum atomic E-state index is 0.710. The summed E-state index contributed by atoms with van der Waals surface area (Å²) in [6, 6.07) is 0. The minimum Gasteiger partial charge on any atom is -0.494 e. The normalized spacial score (nSPS) is 11.1.